The maximum atomic E-state index is 12.6. The molecular formula is C19H21N5O2S. The number of carbonyl (C=O) groups is 1. The summed E-state index contributed by atoms with van der Waals surface area (Å²) in [6, 6.07) is 9.29. The van der Waals surface area contributed by atoms with Crippen LogP contribution in [0.25, 0.3) is 5.69 Å². The monoisotopic (exact) mass is 383 g/mol. The van der Waals surface area contributed by atoms with Crippen LogP contribution in [0.15, 0.2) is 35.1 Å². The minimum absolute atomic E-state index is 0.0894. The highest BCUT2D eigenvalue weighted by Crippen LogP contribution is 2.27. The summed E-state index contributed by atoms with van der Waals surface area (Å²) in [5, 5.41) is 8.15. The largest absolute Gasteiger partial charge is 0.354 e. The molecule has 4 rings (SSSR count). The van der Waals surface area contributed by atoms with E-state index in [0.717, 1.165) is 30.0 Å². The summed E-state index contributed by atoms with van der Waals surface area (Å²) in [4.78, 5) is 30.8. The summed E-state index contributed by atoms with van der Waals surface area (Å²) < 4.78 is 2.71. The second kappa shape index (κ2) is 7.48. The van der Waals surface area contributed by atoms with E-state index in [4.69, 9.17) is 0 Å². The van der Waals surface area contributed by atoms with Crippen molar-refractivity contribution in [1.29, 1.82) is 0 Å². The Balaban J connectivity index is 1.36. The molecule has 0 saturated carbocycles. The topological polar surface area (TPSA) is 81.8 Å². The van der Waals surface area contributed by atoms with Crippen molar-refractivity contribution >= 4 is 17.2 Å². The summed E-state index contributed by atoms with van der Waals surface area (Å²) in [7, 11) is 0. The Morgan fingerprint density at radius 1 is 1.26 bits per heavy atom. The lowest BCUT2D eigenvalue weighted by molar-refractivity contribution is -0.121. The second-order valence-corrected chi connectivity index (χ2v) is 7.76. The van der Waals surface area contributed by atoms with Crippen molar-refractivity contribution in [2.24, 2.45) is 0 Å². The van der Waals surface area contributed by atoms with Gasteiger partial charge in [-0.1, -0.05) is 18.2 Å². The van der Waals surface area contributed by atoms with Crippen LogP contribution in [0.2, 0.25) is 0 Å². The summed E-state index contributed by atoms with van der Waals surface area (Å²) in [5.41, 5.74) is 1.66. The zero-order chi connectivity index (χ0) is 18.8. The number of carbonyl (C=O) groups excluding carboxylic acids is 1. The highest BCUT2D eigenvalue weighted by atomic mass is 32.1. The predicted molar refractivity (Wildman–Crippen MR) is 103 cm³/mol. The highest BCUT2D eigenvalue weighted by Gasteiger charge is 2.17. The summed E-state index contributed by atoms with van der Waals surface area (Å²) in [6.07, 6.45) is 4.13. The summed E-state index contributed by atoms with van der Waals surface area (Å²) in [6.45, 7) is 2.18. The molecule has 0 unspecified atom stereocenters. The number of nitrogens with one attached hydrogen (secondary N) is 1. The van der Waals surface area contributed by atoms with Gasteiger partial charge in [-0.15, -0.1) is 11.3 Å². The SMILES string of the molecule is Cc1nn(CC(=O)NCCc2nc3c(s2)CCC3)c(=O)n1-c1ccccc1. The Labute approximate surface area is 160 Å². The molecular weight excluding hydrogens is 362 g/mol. The molecule has 0 fully saturated rings. The molecule has 0 aliphatic heterocycles. The third-order valence-corrected chi connectivity index (χ3v) is 5.83. The fourth-order valence-electron chi connectivity index (χ4n) is 3.34. The van der Waals surface area contributed by atoms with E-state index in [1.54, 1.807) is 18.3 Å². The minimum atomic E-state index is -0.315. The molecule has 0 spiro atoms. The third-order valence-electron chi connectivity index (χ3n) is 4.61. The van der Waals surface area contributed by atoms with Crippen LogP contribution >= 0.6 is 11.3 Å². The van der Waals surface area contributed by atoms with E-state index < -0.39 is 0 Å². The van der Waals surface area contributed by atoms with Gasteiger partial charge in [0.2, 0.25) is 5.91 Å². The Morgan fingerprint density at radius 2 is 2.07 bits per heavy atom. The number of fused-ring (bicyclic) bond motifs is 1. The molecule has 0 atom stereocenters. The van der Waals surface area contributed by atoms with Crippen LogP contribution in [-0.2, 0) is 30.6 Å². The normalized spacial score (nSPS) is 12.9. The number of hydrogen-bond donors (Lipinski definition) is 1. The van der Waals surface area contributed by atoms with Crippen LogP contribution in [0.3, 0.4) is 0 Å². The van der Waals surface area contributed by atoms with Crippen molar-refractivity contribution in [3.05, 3.63) is 62.2 Å². The first kappa shape index (κ1) is 17.7. The molecule has 1 aliphatic rings. The van der Waals surface area contributed by atoms with Crippen molar-refractivity contribution in [3.63, 3.8) is 0 Å². The van der Waals surface area contributed by atoms with Gasteiger partial charge in [-0.05, 0) is 38.3 Å². The van der Waals surface area contributed by atoms with Crippen LogP contribution in [-0.4, -0.2) is 31.8 Å². The number of aryl methyl sites for hydroxylation is 3. The van der Waals surface area contributed by atoms with Gasteiger partial charge in [0.05, 0.1) is 16.4 Å². The summed E-state index contributed by atoms with van der Waals surface area (Å²) >= 11 is 1.75. The lowest BCUT2D eigenvalue weighted by atomic mass is 10.3. The molecule has 2 heterocycles. The fraction of sp³-hybridized carbons (Fsp3) is 0.368. The van der Waals surface area contributed by atoms with Crippen LogP contribution in [0.4, 0.5) is 0 Å². The van der Waals surface area contributed by atoms with Gasteiger partial charge in [-0.25, -0.2) is 19.0 Å². The van der Waals surface area contributed by atoms with Gasteiger partial charge in [0.1, 0.15) is 12.4 Å². The first-order valence-corrected chi connectivity index (χ1v) is 9.89. The lowest BCUT2D eigenvalue weighted by Crippen LogP contribution is -2.34. The Hall–Kier alpha value is -2.74. The molecule has 1 amide bonds. The molecule has 1 N–H and O–H groups in total. The van der Waals surface area contributed by atoms with E-state index in [9.17, 15) is 9.59 Å². The van der Waals surface area contributed by atoms with E-state index >= 15 is 0 Å². The molecule has 27 heavy (non-hydrogen) atoms. The third kappa shape index (κ3) is 3.71. The zero-order valence-electron chi connectivity index (χ0n) is 15.1. The molecule has 0 bridgehead atoms. The summed E-state index contributed by atoms with van der Waals surface area (Å²) in [5.74, 6) is 0.329. The number of nitrogens with zero attached hydrogens (tertiary/aromatic N) is 4. The molecule has 0 saturated heterocycles. The number of aromatic nitrogens is 4. The average Bonchev–Trinajstić information content (AvgIpc) is 3.30. The fourth-order valence-corrected chi connectivity index (χ4v) is 4.50. The number of hydrogen-bond acceptors (Lipinski definition) is 5. The average molecular weight is 383 g/mol. The van der Waals surface area contributed by atoms with Gasteiger partial charge >= 0.3 is 5.69 Å². The Bertz CT molecular complexity index is 997. The van der Waals surface area contributed by atoms with Crippen LogP contribution in [0.5, 0.6) is 0 Å². The zero-order valence-corrected chi connectivity index (χ0v) is 16.0. The molecule has 7 nitrogen and oxygen atoms in total. The van der Waals surface area contributed by atoms with Crippen LogP contribution in [0, 0.1) is 6.92 Å². The molecule has 0 radical (unpaired) electrons. The Kier molecular flexibility index (Phi) is 4.89. The smallest absolute Gasteiger partial charge is 0.351 e. The number of rotatable bonds is 6. The molecule has 1 aliphatic carbocycles. The van der Waals surface area contributed by atoms with Gasteiger partial charge < -0.3 is 5.32 Å². The maximum absolute atomic E-state index is 12.6. The van der Waals surface area contributed by atoms with E-state index in [-0.39, 0.29) is 18.1 Å². The van der Waals surface area contributed by atoms with Crippen LogP contribution in [0.1, 0.15) is 27.8 Å². The quantitative estimate of drug-likeness (QED) is 0.702. The number of benzene rings is 1. The molecule has 3 aromatic rings. The first-order chi connectivity index (χ1) is 13.1. The van der Waals surface area contributed by atoms with Gasteiger partial charge in [0, 0.05) is 17.8 Å². The van der Waals surface area contributed by atoms with Crippen molar-refractivity contribution in [1.82, 2.24) is 24.6 Å². The molecule has 2 aromatic heterocycles. The number of para-hydroxylation sites is 1. The first-order valence-electron chi connectivity index (χ1n) is 9.08. The van der Waals surface area contributed by atoms with Gasteiger partial charge in [-0.2, -0.15) is 5.10 Å². The van der Waals surface area contributed by atoms with Gasteiger partial charge in [0.15, 0.2) is 0 Å². The van der Waals surface area contributed by atoms with E-state index in [1.807, 2.05) is 30.3 Å². The highest BCUT2D eigenvalue weighted by molar-refractivity contribution is 7.11. The van der Waals surface area contributed by atoms with E-state index in [0.29, 0.717) is 12.4 Å². The van der Waals surface area contributed by atoms with Crippen molar-refractivity contribution in [2.75, 3.05) is 6.54 Å². The van der Waals surface area contributed by atoms with Gasteiger partial charge in [0.25, 0.3) is 0 Å². The van der Waals surface area contributed by atoms with Crippen LogP contribution < -0.4 is 11.0 Å². The maximum Gasteiger partial charge on any atom is 0.351 e. The molecule has 8 heteroatoms. The van der Waals surface area contributed by atoms with Crippen molar-refractivity contribution in [2.45, 2.75) is 39.2 Å². The standard InChI is InChI=1S/C19H21N5O2S/c1-13-22-23(19(26)24(13)14-6-3-2-4-7-14)12-17(25)20-11-10-18-21-15-8-5-9-16(15)27-18/h2-4,6-7H,5,8-12H2,1H3,(H,20,25). The van der Waals surface area contributed by atoms with Crippen molar-refractivity contribution < 1.29 is 4.79 Å². The number of thiazole rings is 1. The molecule has 140 valence electrons. The van der Waals surface area contributed by atoms with E-state index in [2.05, 4.69) is 15.4 Å². The lowest BCUT2D eigenvalue weighted by Gasteiger charge is -2.03. The number of amides is 1. The molecule has 1 aromatic carbocycles. The minimum Gasteiger partial charge on any atom is -0.354 e. The Morgan fingerprint density at radius 3 is 2.85 bits per heavy atom. The van der Waals surface area contributed by atoms with Crippen molar-refractivity contribution in [3.8, 4) is 5.69 Å². The van der Waals surface area contributed by atoms with E-state index in [1.165, 1.54) is 26.2 Å². The second-order valence-electron chi connectivity index (χ2n) is 6.59. The predicted octanol–water partition coefficient (Wildman–Crippen LogP) is 1.65. The van der Waals surface area contributed by atoms with Gasteiger partial charge in [-0.3, -0.25) is 4.79 Å².